The van der Waals surface area contributed by atoms with Crippen molar-refractivity contribution in [2.24, 2.45) is 22.7 Å². The molecule has 4 heteroatoms. The number of ketones is 2. The second-order valence-electron chi connectivity index (χ2n) is 8.75. The number of Topliss-reactive ketones (excluding diaryl/α,β-unsaturated/α-hetero) is 1. The first-order chi connectivity index (χ1) is 12.2. The van der Waals surface area contributed by atoms with E-state index >= 15 is 0 Å². The van der Waals surface area contributed by atoms with E-state index in [9.17, 15) is 19.8 Å². The summed E-state index contributed by atoms with van der Waals surface area (Å²) in [6, 6.07) is 0. The van der Waals surface area contributed by atoms with Crippen molar-refractivity contribution < 1.29 is 19.8 Å². The number of hydrogen-bond acceptors (Lipinski definition) is 4. The Morgan fingerprint density at radius 2 is 2.04 bits per heavy atom. The molecule has 0 spiro atoms. The van der Waals surface area contributed by atoms with Gasteiger partial charge in [0, 0.05) is 10.8 Å². The molecule has 0 saturated heterocycles. The third-order valence-corrected chi connectivity index (χ3v) is 7.59. The first kappa shape index (κ1) is 17.6. The van der Waals surface area contributed by atoms with E-state index in [1.165, 1.54) is 11.1 Å². The lowest BCUT2D eigenvalue weighted by Crippen LogP contribution is -2.56. The van der Waals surface area contributed by atoms with Gasteiger partial charge in [-0.2, -0.15) is 0 Å². The third kappa shape index (κ3) is 1.92. The molecule has 138 valence electrons. The summed E-state index contributed by atoms with van der Waals surface area (Å²) in [5, 5.41) is 20.8. The van der Waals surface area contributed by atoms with Gasteiger partial charge in [-0.1, -0.05) is 32.1 Å². The van der Waals surface area contributed by atoms with Gasteiger partial charge in [0.15, 0.2) is 11.6 Å². The van der Waals surface area contributed by atoms with E-state index in [0.29, 0.717) is 12.8 Å². The van der Waals surface area contributed by atoms with Crippen molar-refractivity contribution in [3.8, 4) is 0 Å². The van der Waals surface area contributed by atoms with Crippen LogP contribution in [0.5, 0.6) is 0 Å². The molecule has 2 N–H and O–H groups in total. The molecule has 0 aromatic heterocycles. The molecule has 4 aliphatic carbocycles. The summed E-state index contributed by atoms with van der Waals surface area (Å²) in [6.07, 6.45) is 11.7. The Balaban J connectivity index is 1.84. The van der Waals surface area contributed by atoms with Crippen molar-refractivity contribution in [3.05, 3.63) is 47.1 Å². The molecule has 4 aliphatic rings. The van der Waals surface area contributed by atoms with Crippen LogP contribution >= 0.6 is 0 Å². The van der Waals surface area contributed by atoms with Crippen LogP contribution in [0.4, 0.5) is 0 Å². The van der Waals surface area contributed by atoms with Gasteiger partial charge in [0.1, 0.15) is 12.2 Å². The fourth-order valence-electron chi connectivity index (χ4n) is 5.96. The highest BCUT2D eigenvalue weighted by molar-refractivity contribution is 6.01. The monoisotopic (exact) mass is 354 g/mol. The molecule has 26 heavy (non-hydrogen) atoms. The van der Waals surface area contributed by atoms with Gasteiger partial charge in [-0.3, -0.25) is 9.59 Å². The Morgan fingerprint density at radius 3 is 2.73 bits per heavy atom. The molecule has 0 aromatic carbocycles. The molecule has 1 unspecified atom stereocenters. The molecule has 0 radical (unpaired) electrons. The van der Waals surface area contributed by atoms with Gasteiger partial charge >= 0.3 is 0 Å². The van der Waals surface area contributed by atoms with E-state index in [2.05, 4.69) is 19.1 Å². The van der Waals surface area contributed by atoms with Crippen LogP contribution in [0.15, 0.2) is 47.1 Å². The third-order valence-electron chi connectivity index (χ3n) is 7.59. The highest BCUT2D eigenvalue weighted by Gasteiger charge is 2.65. The van der Waals surface area contributed by atoms with Gasteiger partial charge < -0.3 is 10.2 Å². The normalized spacial score (nSPS) is 43.7. The molecule has 0 heterocycles. The van der Waals surface area contributed by atoms with Crippen LogP contribution in [-0.2, 0) is 9.59 Å². The van der Waals surface area contributed by atoms with Crippen LogP contribution < -0.4 is 0 Å². The van der Waals surface area contributed by atoms with Crippen LogP contribution in [0, 0.1) is 22.7 Å². The van der Waals surface area contributed by atoms with Gasteiger partial charge in [0.05, 0.1) is 0 Å². The zero-order valence-corrected chi connectivity index (χ0v) is 15.6. The number of carbonyl (C=O) groups is 2. The Hall–Kier alpha value is -1.78. The molecule has 1 saturated carbocycles. The van der Waals surface area contributed by atoms with Crippen molar-refractivity contribution in [2.45, 2.75) is 45.6 Å². The van der Waals surface area contributed by atoms with Crippen LogP contribution in [-0.4, -0.2) is 34.0 Å². The van der Waals surface area contributed by atoms with Gasteiger partial charge in [-0.05, 0) is 66.9 Å². The van der Waals surface area contributed by atoms with E-state index in [0.717, 1.165) is 12.0 Å². The second-order valence-corrected chi connectivity index (χ2v) is 8.75. The summed E-state index contributed by atoms with van der Waals surface area (Å²) in [7, 11) is 0. The van der Waals surface area contributed by atoms with Crippen LogP contribution in [0.25, 0.3) is 0 Å². The molecular formula is C22H26O4. The number of carbonyl (C=O) groups excluding carboxylic acids is 2. The van der Waals surface area contributed by atoms with Crippen molar-refractivity contribution in [3.63, 3.8) is 0 Å². The van der Waals surface area contributed by atoms with Crippen LogP contribution in [0.3, 0.4) is 0 Å². The number of hydrogen-bond donors (Lipinski definition) is 2. The zero-order chi connectivity index (χ0) is 18.9. The van der Waals surface area contributed by atoms with E-state index in [1.807, 2.05) is 19.9 Å². The van der Waals surface area contributed by atoms with Crippen LogP contribution in [0.1, 0.15) is 40.0 Å². The lowest BCUT2D eigenvalue weighted by Gasteiger charge is -2.50. The molecule has 0 amide bonds. The fourth-order valence-corrected chi connectivity index (χ4v) is 5.96. The van der Waals surface area contributed by atoms with E-state index in [-0.39, 0.29) is 23.0 Å². The maximum atomic E-state index is 12.5. The quantitative estimate of drug-likeness (QED) is 0.799. The molecule has 0 bridgehead atoms. The first-order valence-electron chi connectivity index (χ1n) is 9.40. The predicted molar refractivity (Wildman–Crippen MR) is 98.2 cm³/mol. The largest absolute Gasteiger partial charge is 0.388 e. The Bertz CT molecular complexity index is 829. The highest BCUT2D eigenvalue weighted by atomic mass is 16.3. The van der Waals surface area contributed by atoms with E-state index < -0.39 is 23.4 Å². The summed E-state index contributed by atoms with van der Waals surface area (Å²) >= 11 is 0. The minimum Gasteiger partial charge on any atom is -0.388 e. The number of rotatable bonds is 2. The summed E-state index contributed by atoms with van der Waals surface area (Å²) in [5.74, 6) is -0.576. The Morgan fingerprint density at radius 1 is 1.31 bits per heavy atom. The minimum atomic E-state index is -1.51. The highest BCUT2D eigenvalue weighted by Crippen LogP contribution is 2.65. The van der Waals surface area contributed by atoms with Crippen LogP contribution in [0.2, 0.25) is 0 Å². The summed E-state index contributed by atoms with van der Waals surface area (Å²) in [6.45, 7) is 5.41. The molecule has 0 aliphatic heterocycles. The average molecular weight is 354 g/mol. The molecular weight excluding hydrogens is 328 g/mol. The van der Waals surface area contributed by atoms with Crippen molar-refractivity contribution in [1.29, 1.82) is 0 Å². The summed E-state index contributed by atoms with van der Waals surface area (Å²) in [4.78, 5) is 24.3. The van der Waals surface area contributed by atoms with Gasteiger partial charge in [0.25, 0.3) is 0 Å². The van der Waals surface area contributed by atoms with Gasteiger partial charge in [0.2, 0.25) is 0 Å². The molecule has 4 nitrogen and oxygen atoms in total. The smallest absolute Gasteiger partial charge is 0.190 e. The molecule has 5 atom stereocenters. The number of fused-ring (bicyclic) bond motifs is 5. The molecule has 0 aromatic rings. The summed E-state index contributed by atoms with van der Waals surface area (Å²) in [5.41, 5.74) is 1.10. The van der Waals surface area contributed by atoms with Gasteiger partial charge in [-0.15, -0.1) is 0 Å². The van der Waals surface area contributed by atoms with Gasteiger partial charge in [-0.25, -0.2) is 0 Å². The number of aliphatic hydroxyl groups is 2. The Labute approximate surface area is 154 Å². The topological polar surface area (TPSA) is 74.6 Å². The zero-order valence-electron chi connectivity index (χ0n) is 15.6. The number of aliphatic hydroxyl groups excluding tert-OH is 1. The predicted octanol–water partition coefficient (Wildman–Crippen LogP) is 2.67. The fraction of sp³-hybridized carbons (Fsp3) is 0.545. The SMILES string of the molecule is C[C@H]1C[C@@H]2C3=CCC4=CC(=O)C=C[C@]4(C)C3=CC[C@]2(C)C1(O)C(=O)CO. The van der Waals surface area contributed by atoms with Crippen molar-refractivity contribution in [2.75, 3.05) is 6.61 Å². The maximum Gasteiger partial charge on any atom is 0.190 e. The van der Waals surface area contributed by atoms with Crippen molar-refractivity contribution >= 4 is 11.6 Å². The second kappa shape index (κ2) is 5.37. The molecule has 1 fully saturated rings. The van der Waals surface area contributed by atoms with Crippen molar-refractivity contribution in [1.82, 2.24) is 0 Å². The average Bonchev–Trinajstić information content (AvgIpc) is 2.83. The first-order valence-corrected chi connectivity index (χ1v) is 9.40. The lowest BCUT2D eigenvalue weighted by atomic mass is 9.55. The van der Waals surface area contributed by atoms with E-state index in [4.69, 9.17) is 0 Å². The maximum absolute atomic E-state index is 12.5. The minimum absolute atomic E-state index is 0.0352. The number of allylic oxidation sites excluding steroid dienone is 8. The molecule has 4 rings (SSSR count). The standard InChI is InChI=1S/C22H26O4/c1-13-10-18-16-5-4-14-11-15(24)6-8-20(14,2)17(16)7-9-21(18,3)22(13,26)19(25)12-23/h5-8,11,13,18,23,26H,4,9-10,12H2,1-3H3/t13-,18+,20-,21-,22?/m0/s1. The summed E-state index contributed by atoms with van der Waals surface area (Å²) < 4.78 is 0. The Kier molecular flexibility index (Phi) is 3.64. The van der Waals surface area contributed by atoms with E-state index in [1.54, 1.807) is 12.2 Å². The lowest BCUT2D eigenvalue weighted by molar-refractivity contribution is -0.159.